The highest BCUT2D eigenvalue weighted by atomic mass is 79.9. The van der Waals surface area contributed by atoms with Crippen molar-refractivity contribution < 1.29 is 14.7 Å². The normalized spacial score (nSPS) is 9.71. The number of hydrogen-bond acceptors (Lipinski definition) is 2. The number of carboxylic acid groups (broad SMARTS) is 1. The summed E-state index contributed by atoms with van der Waals surface area (Å²) in [6.07, 6.45) is 6.82. The lowest BCUT2D eigenvalue weighted by atomic mass is 10.3. The van der Waals surface area contributed by atoms with Crippen LogP contribution < -0.4 is 0 Å². The fraction of sp³-hybridized carbons (Fsp3) is 0.273. The number of terminal acetylenes is 1. The Bertz CT molecular complexity index is 487. The Morgan fingerprint density at radius 2 is 2.29 bits per heavy atom. The fourth-order valence-electron chi connectivity index (χ4n) is 1.37. The highest BCUT2D eigenvalue weighted by Gasteiger charge is 2.20. The van der Waals surface area contributed by atoms with Crippen molar-refractivity contribution in [1.29, 1.82) is 0 Å². The number of carboxylic acids is 1. The molecule has 0 fully saturated rings. The number of carbonyl (C=O) groups excluding carboxylic acids is 1. The standard InChI is InChI=1S/C11H11BrN2O3/c1-3-4-14(7-10(15)16)11(17)9-5-8(12)6-13(9)2/h1,5-6H,4,7H2,2H3,(H,15,16). The fourth-order valence-corrected chi connectivity index (χ4v) is 1.90. The molecule has 1 aromatic rings. The largest absolute Gasteiger partial charge is 0.480 e. The molecule has 0 aromatic carbocycles. The zero-order valence-corrected chi connectivity index (χ0v) is 10.8. The summed E-state index contributed by atoms with van der Waals surface area (Å²) in [5.74, 6) is 0.771. The maximum atomic E-state index is 12.0. The van der Waals surface area contributed by atoms with Crippen LogP contribution in [-0.2, 0) is 11.8 Å². The average Bonchev–Trinajstić information content (AvgIpc) is 2.55. The summed E-state index contributed by atoms with van der Waals surface area (Å²) in [7, 11) is 1.70. The SMILES string of the molecule is C#CCN(CC(=O)O)C(=O)c1cc(Br)cn1C. The van der Waals surface area contributed by atoms with E-state index in [4.69, 9.17) is 11.5 Å². The molecule has 0 unspecified atom stereocenters. The van der Waals surface area contributed by atoms with Gasteiger partial charge >= 0.3 is 5.97 Å². The third-order valence-corrected chi connectivity index (χ3v) is 2.52. The molecule has 0 spiro atoms. The molecule has 0 bridgehead atoms. The van der Waals surface area contributed by atoms with Gasteiger partial charge in [-0.2, -0.15) is 0 Å². The molecule has 17 heavy (non-hydrogen) atoms. The molecule has 0 saturated heterocycles. The van der Waals surface area contributed by atoms with Gasteiger partial charge in [-0.25, -0.2) is 0 Å². The molecule has 0 aliphatic heterocycles. The van der Waals surface area contributed by atoms with Gasteiger partial charge in [-0.1, -0.05) is 5.92 Å². The number of aromatic nitrogens is 1. The van der Waals surface area contributed by atoms with Gasteiger partial charge in [0.2, 0.25) is 0 Å². The van der Waals surface area contributed by atoms with Crippen LogP contribution in [0.15, 0.2) is 16.7 Å². The van der Waals surface area contributed by atoms with E-state index in [0.29, 0.717) is 5.69 Å². The second-order valence-corrected chi connectivity index (χ2v) is 4.33. The second-order valence-electron chi connectivity index (χ2n) is 3.41. The van der Waals surface area contributed by atoms with Crippen LogP contribution in [0.5, 0.6) is 0 Å². The number of rotatable bonds is 4. The lowest BCUT2D eigenvalue weighted by Gasteiger charge is -2.17. The molecule has 1 aromatic heterocycles. The van der Waals surface area contributed by atoms with Gasteiger partial charge in [0.1, 0.15) is 12.2 Å². The van der Waals surface area contributed by atoms with E-state index in [9.17, 15) is 9.59 Å². The van der Waals surface area contributed by atoms with E-state index in [1.165, 1.54) is 0 Å². The van der Waals surface area contributed by atoms with Crippen LogP contribution in [0.25, 0.3) is 0 Å². The summed E-state index contributed by atoms with van der Waals surface area (Å²) >= 11 is 3.24. The second kappa shape index (κ2) is 5.55. The zero-order valence-electron chi connectivity index (χ0n) is 9.18. The smallest absolute Gasteiger partial charge is 0.323 e. The van der Waals surface area contributed by atoms with Crippen LogP contribution in [0.4, 0.5) is 0 Å². The van der Waals surface area contributed by atoms with Crippen molar-refractivity contribution in [1.82, 2.24) is 9.47 Å². The van der Waals surface area contributed by atoms with Gasteiger partial charge in [-0.3, -0.25) is 9.59 Å². The molecule has 0 atom stereocenters. The topological polar surface area (TPSA) is 62.5 Å². The third kappa shape index (κ3) is 3.36. The minimum Gasteiger partial charge on any atom is -0.480 e. The molecular weight excluding hydrogens is 288 g/mol. The Balaban J connectivity index is 2.95. The van der Waals surface area contributed by atoms with Crippen LogP contribution in [0.3, 0.4) is 0 Å². The molecule has 0 saturated carbocycles. The number of hydrogen-bond donors (Lipinski definition) is 1. The first kappa shape index (κ1) is 13.3. The molecule has 1 N–H and O–H groups in total. The minimum atomic E-state index is -1.10. The van der Waals surface area contributed by atoms with Gasteiger partial charge < -0.3 is 14.6 Å². The summed E-state index contributed by atoms with van der Waals surface area (Å²) in [6, 6.07) is 1.62. The Hall–Kier alpha value is -1.74. The van der Waals surface area contributed by atoms with Crippen molar-refractivity contribution >= 4 is 27.8 Å². The first-order chi connectivity index (χ1) is 7.95. The van der Waals surface area contributed by atoms with Gasteiger partial charge in [0.25, 0.3) is 5.91 Å². The molecule has 5 nitrogen and oxygen atoms in total. The van der Waals surface area contributed by atoms with Crippen LogP contribution in [0, 0.1) is 12.3 Å². The van der Waals surface area contributed by atoms with Crippen molar-refractivity contribution in [2.45, 2.75) is 0 Å². The molecule has 1 heterocycles. The monoisotopic (exact) mass is 298 g/mol. The van der Waals surface area contributed by atoms with Gasteiger partial charge in [-0.15, -0.1) is 6.42 Å². The highest BCUT2D eigenvalue weighted by molar-refractivity contribution is 9.10. The molecule has 6 heteroatoms. The van der Waals surface area contributed by atoms with E-state index in [1.807, 2.05) is 0 Å². The Morgan fingerprint density at radius 1 is 1.65 bits per heavy atom. The van der Waals surface area contributed by atoms with Crippen LogP contribution >= 0.6 is 15.9 Å². The van der Waals surface area contributed by atoms with E-state index in [-0.39, 0.29) is 6.54 Å². The van der Waals surface area contributed by atoms with Gasteiger partial charge in [0, 0.05) is 17.7 Å². The van der Waals surface area contributed by atoms with Crippen LogP contribution in [-0.4, -0.2) is 39.5 Å². The van der Waals surface area contributed by atoms with Crippen molar-refractivity contribution in [3.8, 4) is 12.3 Å². The van der Waals surface area contributed by atoms with E-state index in [2.05, 4.69) is 21.9 Å². The molecule has 90 valence electrons. The van der Waals surface area contributed by atoms with E-state index in [1.54, 1.807) is 23.9 Å². The van der Waals surface area contributed by atoms with Crippen molar-refractivity contribution in [3.63, 3.8) is 0 Å². The maximum absolute atomic E-state index is 12.0. The Labute approximate surface area is 107 Å². The summed E-state index contributed by atoms with van der Waals surface area (Å²) < 4.78 is 2.36. The molecular formula is C11H11BrN2O3. The predicted molar refractivity (Wildman–Crippen MR) is 65.5 cm³/mol. The molecule has 0 aliphatic carbocycles. The third-order valence-electron chi connectivity index (χ3n) is 2.09. The van der Waals surface area contributed by atoms with Crippen molar-refractivity contribution in [3.05, 3.63) is 22.4 Å². The maximum Gasteiger partial charge on any atom is 0.323 e. The van der Waals surface area contributed by atoms with Gasteiger partial charge in [-0.05, 0) is 22.0 Å². The highest BCUT2D eigenvalue weighted by Crippen LogP contribution is 2.15. The van der Waals surface area contributed by atoms with E-state index < -0.39 is 18.4 Å². The molecule has 1 rings (SSSR count). The van der Waals surface area contributed by atoms with Crippen LogP contribution in [0.1, 0.15) is 10.5 Å². The molecule has 1 amide bonds. The summed E-state index contributed by atoms with van der Waals surface area (Å²) in [5.41, 5.74) is 0.383. The number of aryl methyl sites for hydroxylation is 1. The van der Waals surface area contributed by atoms with Gasteiger partial charge in [0.05, 0.1) is 6.54 Å². The number of amides is 1. The minimum absolute atomic E-state index is 0.0338. The Kier molecular flexibility index (Phi) is 4.35. The summed E-state index contributed by atoms with van der Waals surface area (Å²) in [4.78, 5) is 23.8. The van der Waals surface area contributed by atoms with E-state index in [0.717, 1.165) is 9.37 Å². The van der Waals surface area contributed by atoms with Crippen molar-refractivity contribution in [2.24, 2.45) is 7.05 Å². The quantitative estimate of drug-likeness (QED) is 0.842. The lowest BCUT2D eigenvalue weighted by Crippen LogP contribution is -2.36. The van der Waals surface area contributed by atoms with E-state index >= 15 is 0 Å². The number of carbonyl (C=O) groups is 2. The first-order valence-electron chi connectivity index (χ1n) is 4.72. The average molecular weight is 299 g/mol. The van der Waals surface area contributed by atoms with Crippen molar-refractivity contribution in [2.75, 3.05) is 13.1 Å². The number of aliphatic carboxylic acids is 1. The first-order valence-corrected chi connectivity index (χ1v) is 5.51. The van der Waals surface area contributed by atoms with Crippen LogP contribution in [0.2, 0.25) is 0 Å². The lowest BCUT2D eigenvalue weighted by molar-refractivity contribution is -0.137. The Morgan fingerprint density at radius 3 is 2.71 bits per heavy atom. The zero-order chi connectivity index (χ0) is 13.0. The van der Waals surface area contributed by atoms with Gasteiger partial charge in [0.15, 0.2) is 0 Å². The predicted octanol–water partition coefficient (Wildman–Crippen LogP) is 0.948. The summed E-state index contributed by atoms with van der Waals surface area (Å²) in [6.45, 7) is -0.445. The molecule has 0 aliphatic rings. The number of halogens is 1. The molecule has 0 radical (unpaired) electrons. The summed E-state index contributed by atoms with van der Waals surface area (Å²) in [5, 5.41) is 8.70. The number of nitrogens with zero attached hydrogens (tertiary/aromatic N) is 2.